The Morgan fingerprint density at radius 3 is 2.31 bits per heavy atom. The van der Waals surface area contributed by atoms with Crippen LogP contribution >= 0.6 is 0 Å². The molecule has 0 bridgehead atoms. The van der Waals surface area contributed by atoms with Crippen LogP contribution in [0, 0.1) is 20.8 Å². The molecule has 0 amide bonds. The van der Waals surface area contributed by atoms with Crippen molar-refractivity contribution in [1.82, 2.24) is 0 Å². The molecule has 1 heteroatoms. The van der Waals surface area contributed by atoms with Crippen molar-refractivity contribution in [1.29, 1.82) is 0 Å². The molecule has 0 aliphatic heterocycles. The van der Waals surface area contributed by atoms with Crippen LogP contribution < -0.4 is 0 Å². The fourth-order valence-corrected chi connectivity index (χ4v) is 1.64. The van der Waals surface area contributed by atoms with Gasteiger partial charge < -0.3 is 0 Å². The van der Waals surface area contributed by atoms with Gasteiger partial charge in [-0.3, -0.25) is 4.79 Å². The SMILES string of the molecule is CCc1cc(C)c(C)c(C)c1C=O. The molecular weight excluding hydrogens is 160 g/mol. The Hall–Kier alpha value is -1.11. The molecular formula is C12H16O. The van der Waals surface area contributed by atoms with E-state index in [2.05, 4.69) is 26.8 Å². The Kier molecular flexibility index (Phi) is 2.86. The predicted octanol–water partition coefficient (Wildman–Crippen LogP) is 2.99. The van der Waals surface area contributed by atoms with E-state index in [0.717, 1.165) is 29.4 Å². The molecule has 70 valence electrons. The minimum Gasteiger partial charge on any atom is -0.298 e. The van der Waals surface area contributed by atoms with Crippen molar-refractivity contribution in [3.63, 3.8) is 0 Å². The van der Waals surface area contributed by atoms with Crippen molar-refractivity contribution in [2.24, 2.45) is 0 Å². The highest BCUT2D eigenvalue weighted by Crippen LogP contribution is 2.20. The monoisotopic (exact) mass is 176 g/mol. The van der Waals surface area contributed by atoms with E-state index < -0.39 is 0 Å². The lowest BCUT2D eigenvalue weighted by atomic mass is 9.93. The van der Waals surface area contributed by atoms with Crippen LogP contribution in [0.5, 0.6) is 0 Å². The average molecular weight is 176 g/mol. The first-order valence-electron chi connectivity index (χ1n) is 4.66. The molecule has 0 radical (unpaired) electrons. The minimum absolute atomic E-state index is 0.880. The molecule has 0 aliphatic carbocycles. The molecule has 13 heavy (non-hydrogen) atoms. The van der Waals surface area contributed by atoms with Crippen molar-refractivity contribution in [3.05, 3.63) is 33.9 Å². The Morgan fingerprint density at radius 2 is 1.85 bits per heavy atom. The number of rotatable bonds is 2. The first-order chi connectivity index (χ1) is 6.11. The number of hydrogen-bond acceptors (Lipinski definition) is 1. The maximum atomic E-state index is 10.9. The van der Waals surface area contributed by atoms with Gasteiger partial charge in [0.1, 0.15) is 0 Å². The van der Waals surface area contributed by atoms with Crippen LogP contribution in [-0.4, -0.2) is 6.29 Å². The topological polar surface area (TPSA) is 17.1 Å². The minimum atomic E-state index is 0.880. The maximum absolute atomic E-state index is 10.9. The molecule has 1 nitrogen and oxygen atoms in total. The molecule has 0 fully saturated rings. The van der Waals surface area contributed by atoms with Gasteiger partial charge >= 0.3 is 0 Å². The fourth-order valence-electron chi connectivity index (χ4n) is 1.64. The highest BCUT2D eigenvalue weighted by molar-refractivity contribution is 5.80. The zero-order valence-electron chi connectivity index (χ0n) is 8.77. The summed E-state index contributed by atoms with van der Waals surface area (Å²) in [7, 11) is 0. The molecule has 0 atom stereocenters. The predicted molar refractivity (Wildman–Crippen MR) is 55.4 cm³/mol. The third-order valence-electron chi connectivity index (χ3n) is 2.79. The summed E-state index contributed by atoms with van der Waals surface area (Å²) in [5, 5.41) is 0. The van der Waals surface area contributed by atoms with Crippen LogP contribution in [0.4, 0.5) is 0 Å². The standard InChI is InChI=1S/C12H16O/c1-5-11-6-8(2)9(3)10(4)12(11)7-13/h6-7H,5H2,1-4H3. The molecule has 0 unspecified atom stereocenters. The molecule has 0 aromatic heterocycles. The molecule has 0 spiro atoms. The van der Waals surface area contributed by atoms with Crippen LogP contribution in [0.25, 0.3) is 0 Å². The van der Waals surface area contributed by atoms with Gasteiger partial charge in [-0.05, 0) is 49.4 Å². The van der Waals surface area contributed by atoms with Crippen molar-refractivity contribution in [2.45, 2.75) is 34.1 Å². The second kappa shape index (κ2) is 3.73. The van der Waals surface area contributed by atoms with E-state index in [1.807, 2.05) is 6.92 Å². The largest absolute Gasteiger partial charge is 0.298 e. The summed E-state index contributed by atoms with van der Waals surface area (Å²) in [6.45, 7) is 8.26. The summed E-state index contributed by atoms with van der Waals surface area (Å²) in [5.41, 5.74) is 5.69. The normalized spacial score (nSPS) is 10.2. The second-order valence-electron chi connectivity index (χ2n) is 3.49. The van der Waals surface area contributed by atoms with Gasteiger partial charge in [-0.1, -0.05) is 13.0 Å². The Balaban J connectivity index is 3.47. The average Bonchev–Trinajstić information content (AvgIpc) is 2.13. The van der Waals surface area contributed by atoms with E-state index in [9.17, 15) is 4.79 Å². The molecule has 0 N–H and O–H groups in total. The van der Waals surface area contributed by atoms with Gasteiger partial charge in [0.05, 0.1) is 0 Å². The van der Waals surface area contributed by atoms with Crippen molar-refractivity contribution >= 4 is 6.29 Å². The van der Waals surface area contributed by atoms with E-state index in [0.29, 0.717) is 0 Å². The van der Waals surface area contributed by atoms with Crippen molar-refractivity contribution in [3.8, 4) is 0 Å². The van der Waals surface area contributed by atoms with Crippen LogP contribution in [0.1, 0.15) is 39.5 Å². The van der Waals surface area contributed by atoms with E-state index in [1.54, 1.807) is 0 Å². The Labute approximate surface area is 79.8 Å². The van der Waals surface area contributed by atoms with Crippen LogP contribution in [-0.2, 0) is 6.42 Å². The van der Waals surface area contributed by atoms with Crippen LogP contribution in [0.2, 0.25) is 0 Å². The van der Waals surface area contributed by atoms with Gasteiger partial charge in [-0.15, -0.1) is 0 Å². The number of carbonyl (C=O) groups is 1. The molecule has 0 aliphatic rings. The van der Waals surface area contributed by atoms with Gasteiger partial charge in [0, 0.05) is 5.56 Å². The van der Waals surface area contributed by atoms with Crippen LogP contribution in [0.3, 0.4) is 0 Å². The lowest BCUT2D eigenvalue weighted by Gasteiger charge is -2.11. The second-order valence-corrected chi connectivity index (χ2v) is 3.49. The molecule has 0 saturated heterocycles. The van der Waals surface area contributed by atoms with E-state index in [-0.39, 0.29) is 0 Å². The number of carbonyl (C=O) groups excluding carboxylic acids is 1. The third-order valence-corrected chi connectivity index (χ3v) is 2.79. The number of aldehydes is 1. The molecule has 0 saturated carbocycles. The lowest BCUT2D eigenvalue weighted by Crippen LogP contribution is -1.99. The fraction of sp³-hybridized carbons (Fsp3) is 0.417. The summed E-state index contributed by atoms with van der Waals surface area (Å²) < 4.78 is 0. The number of hydrogen-bond donors (Lipinski definition) is 0. The quantitative estimate of drug-likeness (QED) is 0.633. The number of benzene rings is 1. The Bertz CT molecular complexity index is 337. The highest BCUT2D eigenvalue weighted by atomic mass is 16.1. The van der Waals surface area contributed by atoms with Crippen molar-refractivity contribution in [2.75, 3.05) is 0 Å². The van der Waals surface area contributed by atoms with Gasteiger partial charge in [0.25, 0.3) is 0 Å². The molecule has 1 aromatic carbocycles. The summed E-state index contributed by atoms with van der Waals surface area (Å²) in [4.78, 5) is 10.9. The van der Waals surface area contributed by atoms with E-state index >= 15 is 0 Å². The van der Waals surface area contributed by atoms with Gasteiger partial charge in [0.15, 0.2) is 6.29 Å². The summed E-state index contributed by atoms with van der Waals surface area (Å²) in [5.74, 6) is 0. The van der Waals surface area contributed by atoms with Crippen LogP contribution in [0.15, 0.2) is 6.07 Å². The van der Waals surface area contributed by atoms with Gasteiger partial charge in [0.2, 0.25) is 0 Å². The highest BCUT2D eigenvalue weighted by Gasteiger charge is 2.07. The summed E-state index contributed by atoms with van der Waals surface area (Å²) >= 11 is 0. The summed E-state index contributed by atoms with van der Waals surface area (Å²) in [6, 6.07) is 2.12. The van der Waals surface area contributed by atoms with Gasteiger partial charge in [-0.25, -0.2) is 0 Å². The first-order valence-corrected chi connectivity index (χ1v) is 4.66. The molecule has 0 heterocycles. The van der Waals surface area contributed by atoms with Gasteiger partial charge in [-0.2, -0.15) is 0 Å². The maximum Gasteiger partial charge on any atom is 0.150 e. The Morgan fingerprint density at radius 1 is 1.23 bits per heavy atom. The number of aryl methyl sites for hydroxylation is 2. The third kappa shape index (κ3) is 1.64. The van der Waals surface area contributed by atoms with Crippen molar-refractivity contribution < 1.29 is 4.79 Å². The lowest BCUT2D eigenvalue weighted by molar-refractivity contribution is 0.112. The zero-order chi connectivity index (χ0) is 10.0. The molecule has 1 aromatic rings. The zero-order valence-corrected chi connectivity index (χ0v) is 8.77. The smallest absolute Gasteiger partial charge is 0.150 e. The summed E-state index contributed by atoms with van der Waals surface area (Å²) in [6.07, 6.45) is 1.90. The van der Waals surface area contributed by atoms with E-state index in [4.69, 9.17) is 0 Å². The van der Waals surface area contributed by atoms with E-state index in [1.165, 1.54) is 11.1 Å². The first kappa shape index (κ1) is 9.97. The molecule has 1 rings (SSSR count).